The van der Waals surface area contributed by atoms with Crippen molar-refractivity contribution in [1.29, 1.82) is 0 Å². The van der Waals surface area contributed by atoms with Gasteiger partial charge in [0.2, 0.25) is 5.88 Å². The minimum Gasteiger partial charge on any atom is -0.486 e. The van der Waals surface area contributed by atoms with Crippen molar-refractivity contribution in [1.82, 2.24) is 15.6 Å². The van der Waals surface area contributed by atoms with Crippen LogP contribution in [-0.2, 0) is 6.54 Å². The molecule has 0 bridgehead atoms. The summed E-state index contributed by atoms with van der Waals surface area (Å²) in [6.45, 7) is 3.69. The van der Waals surface area contributed by atoms with Crippen molar-refractivity contribution in [3.05, 3.63) is 54.0 Å². The van der Waals surface area contributed by atoms with E-state index in [0.717, 1.165) is 12.2 Å². The average molecular weight is 386 g/mol. The number of aliphatic imine (C=N–C) groups is 1. The molecule has 3 rings (SSSR count). The maximum Gasteiger partial charge on any atom is 0.213 e. The minimum absolute atomic E-state index is 0.223. The second kappa shape index (κ2) is 9.92. The lowest BCUT2D eigenvalue weighted by atomic mass is 10.2. The maximum absolute atomic E-state index is 13.7. The van der Waals surface area contributed by atoms with Crippen LogP contribution in [0.4, 0.5) is 4.39 Å². The van der Waals surface area contributed by atoms with Crippen LogP contribution in [-0.4, -0.2) is 37.2 Å². The summed E-state index contributed by atoms with van der Waals surface area (Å²) in [4.78, 5) is 8.46. The zero-order valence-electron chi connectivity index (χ0n) is 16.3. The second-order valence-corrected chi connectivity index (χ2v) is 6.92. The number of nitrogens with zero attached hydrogens (tertiary/aromatic N) is 2. The fourth-order valence-electron chi connectivity index (χ4n) is 2.57. The van der Waals surface area contributed by atoms with E-state index in [-0.39, 0.29) is 17.7 Å². The summed E-state index contributed by atoms with van der Waals surface area (Å²) in [5, 5.41) is 6.43. The Labute approximate surface area is 165 Å². The molecule has 0 aliphatic heterocycles. The van der Waals surface area contributed by atoms with Gasteiger partial charge in [-0.25, -0.2) is 9.37 Å². The van der Waals surface area contributed by atoms with Gasteiger partial charge in [-0.05, 0) is 49.4 Å². The van der Waals surface area contributed by atoms with E-state index in [0.29, 0.717) is 30.8 Å². The third-order valence-corrected chi connectivity index (χ3v) is 4.37. The largest absolute Gasteiger partial charge is 0.486 e. The van der Waals surface area contributed by atoms with E-state index in [2.05, 4.69) is 20.6 Å². The van der Waals surface area contributed by atoms with Crippen LogP contribution in [0.25, 0.3) is 0 Å². The van der Waals surface area contributed by atoms with E-state index in [9.17, 15) is 4.39 Å². The highest BCUT2D eigenvalue weighted by Crippen LogP contribution is 2.29. The van der Waals surface area contributed by atoms with Gasteiger partial charge in [-0.3, -0.25) is 4.99 Å². The average Bonchev–Trinajstić information content (AvgIpc) is 3.53. The van der Waals surface area contributed by atoms with E-state index in [1.54, 1.807) is 31.4 Å². The molecule has 150 valence electrons. The van der Waals surface area contributed by atoms with Crippen molar-refractivity contribution < 1.29 is 13.9 Å². The molecule has 1 fully saturated rings. The fraction of sp³-hybridized carbons (Fsp3) is 0.429. The van der Waals surface area contributed by atoms with E-state index < -0.39 is 0 Å². The quantitative estimate of drug-likeness (QED) is 0.512. The molecule has 0 spiro atoms. The molecule has 7 heteroatoms. The van der Waals surface area contributed by atoms with E-state index in [1.165, 1.54) is 18.9 Å². The van der Waals surface area contributed by atoms with Crippen LogP contribution in [0.15, 0.2) is 47.6 Å². The molecule has 1 aromatic heterocycles. The Balaban J connectivity index is 1.42. The van der Waals surface area contributed by atoms with E-state index in [4.69, 9.17) is 9.47 Å². The van der Waals surface area contributed by atoms with E-state index in [1.807, 2.05) is 19.1 Å². The van der Waals surface area contributed by atoms with Crippen LogP contribution in [0.2, 0.25) is 0 Å². The van der Waals surface area contributed by atoms with Crippen molar-refractivity contribution >= 4 is 5.96 Å². The number of benzene rings is 1. The summed E-state index contributed by atoms with van der Waals surface area (Å²) in [5.74, 6) is 1.87. The Morgan fingerprint density at radius 1 is 1.29 bits per heavy atom. The zero-order chi connectivity index (χ0) is 19.8. The second-order valence-electron chi connectivity index (χ2n) is 6.92. The smallest absolute Gasteiger partial charge is 0.213 e. The number of aromatic nitrogens is 1. The van der Waals surface area contributed by atoms with Crippen molar-refractivity contribution in [3.8, 4) is 11.6 Å². The molecule has 0 saturated heterocycles. The molecule has 1 aliphatic carbocycles. The lowest BCUT2D eigenvalue weighted by Gasteiger charge is -2.18. The summed E-state index contributed by atoms with van der Waals surface area (Å²) in [5.41, 5.74) is 1.06. The molecule has 1 heterocycles. The predicted octanol–water partition coefficient (Wildman–Crippen LogP) is 3.14. The molecule has 6 nitrogen and oxygen atoms in total. The van der Waals surface area contributed by atoms with Crippen molar-refractivity contribution in [2.24, 2.45) is 10.9 Å². The molecule has 1 unspecified atom stereocenters. The van der Waals surface area contributed by atoms with Crippen LogP contribution in [0.5, 0.6) is 11.6 Å². The lowest BCUT2D eigenvalue weighted by molar-refractivity contribution is 0.214. The molecule has 1 aliphatic rings. The number of halogens is 1. The number of hydrogen-bond acceptors (Lipinski definition) is 4. The van der Waals surface area contributed by atoms with Crippen molar-refractivity contribution in [2.75, 3.05) is 20.2 Å². The van der Waals surface area contributed by atoms with Gasteiger partial charge >= 0.3 is 0 Å². The third-order valence-electron chi connectivity index (χ3n) is 4.37. The van der Waals surface area contributed by atoms with E-state index >= 15 is 0 Å². The molecule has 28 heavy (non-hydrogen) atoms. The molecule has 2 aromatic rings. The number of ether oxygens (including phenoxy) is 2. The first-order chi connectivity index (χ1) is 13.6. The van der Waals surface area contributed by atoms with Gasteiger partial charge in [0.1, 0.15) is 6.10 Å². The highest BCUT2D eigenvalue weighted by molar-refractivity contribution is 5.79. The minimum atomic E-state index is -0.366. The monoisotopic (exact) mass is 386 g/mol. The van der Waals surface area contributed by atoms with Gasteiger partial charge in [0.25, 0.3) is 0 Å². The van der Waals surface area contributed by atoms with Crippen LogP contribution >= 0.6 is 0 Å². The number of pyridine rings is 1. The van der Waals surface area contributed by atoms with Gasteiger partial charge in [-0.1, -0.05) is 12.1 Å². The van der Waals surface area contributed by atoms with Crippen molar-refractivity contribution in [2.45, 2.75) is 32.4 Å². The molecular weight excluding hydrogens is 359 g/mol. The fourth-order valence-corrected chi connectivity index (χ4v) is 2.57. The highest BCUT2D eigenvalue weighted by atomic mass is 19.1. The standard InChI is InChI=1S/C21H27FN4O2/c1-15(28-19-6-4-3-5-18(19)22)12-25-21(23-2)26-13-17-9-10-24-20(11-17)27-14-16-7-8-16/h3-6,9-11,15-16H,7-8,12-14H2,1-2H3,(H2,23,25,26). The van der Waals surface area contributed by atoms with Crippen LogP contribution in [0, 0.1) is 11.7 Å². The summed E-state index contributed by atoms with van der Waals surface area (Å²) in [6.07, 6.45) is 4.03. The predicted molar refractivity (Wildman–Crippen MR) is 107 cm³/mol. The Hall–Kier alpha value is -2.83. The Morgan fingerprint density at radius 2 is 2.11 bits per heavy atom. The van der Waals surface area contributed by atoms with Gasteiger partial charge in [0, 0.05) is 25.9 Å². The number of rotatable bonds is 9. The third kappa shape index (κ3) is 6.40. The zero-order valence-corrected chi connectivity index (χ0v) is 16.3. The van der Waals surface area contributed by atoms with Gasteiger partial charge < -0.3 is 20.1 Å². The van der Waals surface area contributed by atoms with Crippen LogP contribution < -0.4 is 20.1 Å². The Bertz CT molecular complexity index is 795. The molecule has 2 N–H and O–H groups in total. The van der Waals surface area contributed by atoms with Gasteiger partial charge in [-0.15, -0.1) is 0 Å². The Kier molecular flexibility index (Phi) is 7.06. The molecule has 1 saturated carbocycles. The molecule has 1 atom stereocenters. The molecule has 0 radical (unpaired) electrons. The number of para-hydroxylation sites is 1. The van der Waals surface area contributed by atoms with Crippen LogP contribution in [0.3, 0.4) is 0 Å². The lowest BCUT2D eigenvalue weighted by Crippen LogP contribution is -2.41. The normalized spacial score (nSPS) is 15.0. The molecule has 1 aromatic carbocycles. The number of guanidine groups is 1. The summed E-state index contributed by atoms with van der Waals surface area (Å²) in [6, 6.07) is 10.3. The number of hydrogen-bond donors (Lipinski definition) is 2. The SMILES string of the molecule is CN=C(NCc1ccnc(OCC2CC2)c1)NCC(C)Oc1ccccc1F. The summed E-state index contributed by atoms with van der Waals surface area (Å²) >= 11 is 0. The first kappa shape index (κ1) is 19.9. The molecular formula is C21H27FN4O2. The summed E-state index contributed by atoms with van der Waals surface area (Å²) in [7, 11) is 1.70. The van der Waals surface area contributed by atoms with Crippen LogP contribution in [0.1, 0.15) is 25.3 Å². The first-order valence-corrected chi connectivity index (χ1v) is 9.57. The topological polar surface area (TPSA) is 67.8 Å². The van der Waals surface area contributed by atoms with Gasteiger partial charge in [0.05, 0.1) is 13.2 Å². The van der Waals surface area contributed by atoms with Gasteiger partial charge in [0.15, 0.2) is 17.5 Å². The van der Waals surface area contributed by atoms with Crippen molar-refractivity contribution in [3.63, 3.8) is 0 Å². The van der Waals surface area contributed by atoms with Gasteiger partial charge in [-0.2, -0.15) is 0 Å². The number of nitrogens with one attached hydrogen (secondary N) is 2. The highest BCUT2D eigenvalue weighted by Gasteiger charge is 2.22. The Morgan fingerprint density at radius 3 is 2.86 bits per heavy atom. The molecule has 0 amide bonds. The maximum atomic E-state index is 13.7. The first-order valence-electron chi connectivity index (χ1n) is 9.57. The summed E-state index contributed by atoms with van der Waals surface area (Å²) < 4.78 is 25.0.